The van der Waals surface area contributed by atoms with Crippen molar-refractivity contribution in [2.24, 2.45) is 11.8 Å². The van der Waals surface area contributed by atoms with E-state index in [0.29, 0.717) is 11.3 Å². The number of nitrogens with zero attached hydrogens (tertiary/aromatic N) is 1. The van der Waals surface area contributed by atoms with Crippen molar-refractivity contribution in [2.45, 2.75) is 12.5 Å². The van der Waals surface area contributed by atoms with Gasteiger partial charge in [-0.1, -0.05) is 15.9 Å². The van der Waals surface area contributed by atoms with Gasteiger partial charge >= 0.3 is 5.97 Å². The van der Waals surface area contributed by atoms with Crippen LogP contribution >= 0.6 is 27.3 Å². The Hall–Kier alpha value is -2.56. The van der Waals surface area contributed by atoms with Crippen molar-refractivity contribution >= 4 is 61.6 Å². The zero-order chi connectivity index (χ0) is 21.4. The highest BCUT2D eigenvalue weighted by atomic mass is 79.9. The van der Waals surface area contributed by atoms with Crippen molar-refractivity contribution in [1.29, 1.82) is 0 Å². The highest BCUT2D eigenvalue weighted by molar-refractivity contribution is 9.10. The fourth-order valence-electron chi connectivity index (χ4n) is 4.70. The van der Waals surface area contributed by atoms with Crippen LogP contribution in [-0.2, 0) is 24.7 Å². The highest BCUT2D eigenvalue weighted by Gasteiger charge is 2.68. The molecule has 0 aliphatic carbocycles. The van der Waals surface area contributed by atoms with E-state index in [1.807, 2.05) is 0 Å². The molecule has 3 amide bonds. The number of halogens is 1. The Morgan fingerprint density at radius 3 is 2.77 bits per heavy atom. The van der Waals surface area contributed by atoms with E-state index in [2.05, 4.69) is 26.6 Å². The van der Waals surface area contributed by atoms with Gasteiger partial charge in [-0.05, 0) is 31.2 Å². The summed E-state index contributed by atoms with van der Waals surface area (Å²) in [7, 11) is 1.25. The summed E-state index contributed by atoms with van der Waals surface area (Å²) < 4.78 is 5.58. The molecule has 1 spiro atoms. The van der Waals surface area contributed by atoms with Crippen LogP contribution < -0.4 is 15.5 Å². The summed E-state index contributed by atoms with van der Waals surface area (Å²) >= 11 is 4.60. The second kappa shape index (κ2) is 6.47. The maximum atomic E-state index is 13.6. The Bertz CT molecular complexity index is 1160. The molecule has 3 aliphatic rings. The van der Waals surface area contributed by atoms with Gasteiger partial charge in [0.05, 0.1) is 24.5 Å². The zero-order valence-electron chi connectivity index (χ0n) is 15.9. The van der Waals surface area contributed by atoms with Crippen molar-refractivity contribution in [2.75, 3.05) is 23.9 Å². The number of nitrogens with one attached hydrogen (secondary N) is 2. The molecule has 0 radical (unpaired) electrons. The van der Waals surface area contributed by atoms with E-state index < -0.39 is 35.2 Å². The van der Waals surface area contributed by atoms with E-state index in [9.17, 15) is 19.2 Å². The van der Waals surface area contributed by atoms with E-state index in [4.69, 9.17) is 4.74 Å². The smallest absolute Gasteiger partial charge is 0.340 e. The van der Waals surface area contributed by atoms with Crippen LogP contribution in [0.2, 0.25) is 0 Å². The van der Waals surface area contributed by atoms with Gasteiger partial charge in [0.1, 0.15) is 10.5 Å². The maximum Gasteiger partial charge on any atom is 0.340 e. The molecule has 0 unspecified atom stereocenters. The van der Waals surface area contributed by atoms with Gasteiger partial charge in [0.25, 0.3) is 0 Å². The molecule has 2 N–H and O–H groups in total. The summed E-state index contributed by atoms with van der Waals surface area (Å²) in [5.74, 6) is -3.51. The third kappa shape index (κ3) is 2.35. The van der Waals surface area contributed by atoms with E-state index in [1.165, 1.54) is 18.4 Å². The predicted octanol–water partition coefficient (Wildman–Crippen LogP) is 2.16. The lowest BCUT2D eigenvalue weighted by atomic mass is 9.77. The number of amides is 3. The number of imide groups is 1. The summed E-state index contributed by atoms with van der Waals surface area (Å²) in [6.45, 7) is 1.97. The van der Waals surface area contributed by atoms with Gasteiger partial charge in [-0.2, -0.15) is 0 Å². The molecule has 10 heteroatoms. The average Bonchev–Trinajstić information content (AvgIpc) is 3.42. The van der Waals surface area contributed by atoms with E-state index >= 15 is 0 Å². The predicted molar refractivity (Wildman–Crippen MR) is 112 cm³/mol. The van der Waals surface area contributed by atoms with Gasteiger partial charge in [-0.15, -0.1) is 11.3 Å². The maximum absolute atomic E-state index is 13.6. The lowest BCUT2D eigenvalue weighted by molar-refractivity contribution is -0.130. The Morgan fingerprint density at radius 2 is 2.03 bits per heavy atom. The van der Waals surface area contributed by atoms with Gasteiger partial charge in [0.15, 0.2) is 0 Å². The number of hydrogen-bond acceptors (Lipinski definition) is 7. The lowest BCUT2D eigenvalue weighted by Crippen LogP contribution is -2.51. The number of benzene rings is 1. The van der Waals surface area contributed by atoms with Crippen LogP contribution in [0.3, 0.4) is 0 Å². The SMILES string of the molecule is COC(=O)c1cc(C)sc1N1C(=O)[C@@H]2CN[C@@]3(C(=O)Nc4ccc(Br)cc43)[C@H]2C1=O. The number of methoxy groups -OCH3 is 1. The number of anilines is 2. The molecular weight excluding hydrogens is 474 g/mol. The monoisotopic (exact) mass is 489 g/mol. The van der Waals surface area contributed by atoms with Crippen LogP contribution in [-0.4, -0.2) is 37.3 Å². The quantitative estimate of drug-likeness (QED) is 0.494. The second-order valence-electron chi connectivity index (χ2n) is 7.50. The fraction of sp³-hybridized carbons (Fsp3) is 0.300. The molecule has 154 valence electrons. The second-order valence-corrected chi connectivity index (χ2v) is 9.65. The first kappa shape index (κ1) is 19.4. The minimum atomic E-state index is -1.33. The molecule has 2 fully saturated rings. The largest absolute Gasteiger partial charge is 0.465 e. The number of carbonyl (C=O) groups excluding carboxylic acids is 4. The van der Waals surface area contributed by atoms with Gasteiger partial charge in [-0.3, -0.25) is 19.7 Å². The van der Waals surface area contributed by atoms with Gasteiger partial charge < -0.3 is 10.1 Å². The molecule has 3 aliphatic heterocycles. The highest BCUT2D eigenvalue weighted by Crippen LogP contribution is 2.52. The molecule has 30 heavy (non-hydrogen) atoms. The number of hydrogen-bond donors (Lipinski definition) is 2. The van der Waals surface area contributed by atoms with Crippen LogP contribution in [0.1, 0.15) is 20.8 Å². The summed E-state index contributed by atoms with van der Waals surface area (Å²) in [5, 5.41) is 6.23. The molecule has 0 bridgehead atoms. The molecule has 3 atom stereocenters. The van der Waals surface area contributed by atoms with Crippen molar-refractivity contribution in [3.8, 4) is 0 Å². The van der Waals surface area contributed by atoms with Gasteiger partial charge in [0.2, 0.25) is 17.7 Å². The molecule has 2 aromatic rings. The summed E-state index contributed by atoms with van der Waals surface area (Å²) in [6, 6.07) is 6.95. The van der Waals surface area contributed by atoms with E-state index in [-0.39, 0.29) is 23.0 Å². The van der Waals surface area contributed by atoms with Crippen LogP contribution in [0, 0.1) is 18.8 Å². The molecule has 5 rings (SSSR count). The Morgan fingerprint density at radius 1 is 1.27 bits per heavy atom. The minimum Gasteiger partial charge on any atom is -0.465 e. The first-order valence-electron chi connectivity index (χ1n) is 9.22. The van der Waals surface area contributed by atoms with E-state index in [0.717, 1.165) is 14.2 Å². The van der Waals surface area contributed by atoms with Gasteiger partial charge in [-0.25, -0.2) is 9.69 Å². The molecule has 2 saturated heterocycles. The molecule has 8 nitrogen and oxygen atoms in total. The first-order chi connectivity index (χ1) is 14.3. The third-order valence-corrected chi connectivity index (χ3v) is 7.48. The van der Waals surface area contributed by atoms with Gasteiger partial charge in [0, 0.05) is 27.1 Å². The summed E-state index contributed by atoms with van der Waals surface area (Å²) in [6.07, 6.45) is 0. The normalized spacial score (nSPS) is 26.9. The molecule has 1 aromatic carbocycles. The standard InChI is InChI=1S/C20H16BrN3O5S/c1-8-5-10(18(27)29-2)17(30-8)24-15(25)11-7-22-20(14(11)16(24)26)12-6-9(21)3-4-13(12)23-19(20)28/h3-6,11,14,22H,7H2,1-2H3,(H,23,28)/t11-,14-,20-/m1/s1. The van der Waals surface area contributed by atoms with Crippen molar-refractivity contribution in [3.63, 3.8) is 0 Å². The van der Waals surface area contributed by atoms with Crippen molar-refractivity contribution in [1.82, 2.24) is 5.32 Å². The number of esters is 1. The number of fused-ring (bicyclic) bond motifs is 4. The molecule has 4 heterocycles. The summed E-state index contributed by atoms with van der Waals surface area (Å²) in [5.41, 5.74) is 0.0797. The Balaban J connectivity index is 1.64. The van der Waals surface area contributed by atoms with Crippen molar-refractivity contribution in [3.05, 3.63) is 44.7 Å². The topological polar surface area (TPSA) is 105 Å². The van der Waals surface area contributed by atoms with E-state index in [1.54, 1.807) is 31.2 Å². The number of aryl methyl sites for hydroxylation is 1. The number of ether oxygens (including phenoxy) is 1. The minimum absolute atomic E-state index is 0.169. The van der Waals surface area contributed by atoms with Crippen LogP contribution in [0.4, 0.5) is 10.7 Å². The molecule has 0 saturated carbocycles. The third-order valence-electron chi connectivity index (χ3n) is 5.95. The number of thiophene rings is 1. The summed E-state index contributed by atoms with van der Waals surface area (Å²) in [4.78, 5) is 54.0. The first-order valence-corrected chi connectivity index (χ1v) is 10.8. The Labute approximate surface area is 183 Å². The average molecular weight is 490 g/mol. The van der Waals surface area contributed by atoms with Crippen LogP contribution in [0.25, 0.3) is 0 Å². The fourth-order valence-corrected chi connectivity index (χ4v) is 6.07. The molecule has 1 aromatic heterocycles. The van der Waals surface area contributed by atoms with Crippen molar-refractivity contribution < 1.29 is 23.9 Å². The number of carbonyl (C=O) groups is 4. The molecular formula is C20H16BrN3O5S. The Kier molecular flexibility index (Phi) is 4.18. The van der Waals surface area contributed by atoms with Crippen LogP contribution in [0.15, 0.2) is 28.7 Å². The zero-order valence-corrected chi connectivity index (χ0v) is 18.3. The lowest BCUT2D eigenvalue weighted by Gasteiger charge is -2.28. The number of rotatable bonds is 2. The van der Waals surface area contributed by atoms with Crippen LogP contribution in [0.5, 0.6) is 0 Å².